The summed E-state index contributed by atoms with van der Waals surface area (Å²) in [4.78, 5) is 22.9. The predicted octanol–water partition coefficient (Wildman–Crippen LogP) is 2.17. The minimum absolute atomic E-state index is 0.0856. The second-order valence-corrected chi connectivity index (χ2v) is 7.27. The van der Waals surface area contributed by atoms with Crippen molar-refractivity contribution in [3.8, 4) is 5.75 Å². The van der Waals surface area contributed by atoms with E-state index in [4.69, 9.17) is 4.74 Å². The second-order valence-electron chi connectivity index (χ2n) is 7.27. The van der Waals surface area contributed by atoms with Gasteiger partial charge in [0.25, 0.3) is 0 Å². The number of carbonyl (C=O) groups is 1. The van der Waals surface area contributed by atoms with Crippen molar-refractivity contribution < 1.29 is 9.53 Å². The summed E-state index contributed by atoms with van der Waals surface area (Å²) in [7, 11) is 3.43. The molecule has 3 rings (SSSR count). The van der Waals surface area contributed by atoms with Gasteiger partial charge in [0.05, 0.1) is 12.8 Å². The van der Waals surface area contributed by atoms with Gasteiger partial charge in [0.15, 0.2) is 5.96 Å². The van der Waals surface area contributed by atoms with Crippen LogP contribution in [0, 0.1) is 6.92 Å². The van der Waals surface area contributed by atoms with Crippen LogP contribution in [0.4, 0.5) is 11.5 Å². The van der Waals surface area contributed by atoms with Crippen LogP contribution < -0.4 is 25.6 Å². The number of ether oxygens (including phenoxy) is 1. The molecule has 3 N–H and O–H groups in total. The lowest BCUT2D eigenvalue weighted by atomic mass is 10.2. The number of aromatic nitrogens is 1. The Balaban J connectivity index is 1.42. The van der Waals surface area contributed by atoms with Crippen LogP contribution in [0.1, 0.15) is 18.4 Å². The number of hydrogen-bond donors (Lipinski definition) is 3. The standard InChI is InChI=1S/C22H30N6O2/c1-16-8-9-20(25-14-16)27-21(29)10-12-24-22(23-2)26-17-11-13-28(15-17)18-6-4-5-7-19(18)30-3/h4-9,14,17H,10-13,15H2,1-3H3,(H2,23,24,26)(H,25,27,29). The molecule has 1 aliphatic heterocycles. The van der Waals surface area contributed by atoms with Crippen molar-refractivity contribution in [3.05, 3.63) is 48.2 Å². The van der Waals surface area contributed by atoms with Crippen molar-refractivity contribution in [1.82, 2.24) is 15.6 Å². The van der Waals surface area contributed by atoms with Crippen LogP contribution in [0.15, 0.2) is 47.6 Å². The summed E-state index contributed by atoms with van der Waals surface area (Å²) in [6.07, 6.45) is 3.06. The molecule has 1 fully saturated rings. The van der Waals surface area contributed by atoms with Crippen LogP contribution in [0.3, 0.4) is 0 Å². The van der Waals surface area contributed by atoms with Gasteiger partial charge in [-0.05, 0) is 37.1 Å². The van der Waals surface area contributed by atoms with Crippen molar-refractivity contribution in [1.29, 1.82) is 0 Å². The van der Waals surface area contributed by atoms with Crippen molar-refractivity contribution in [2.24, 2.45) is 4.99 Å². The molecule has 1 saturated heterocycles. The summed E-state index contributed by atoms with van der Waals surface area (Å²) in [6, 6.07) is 12.0. The molecule has 2 heterocycles. The van der Waals surface area contributed by atoms with Crippen LogP contribution in [0.5, 0.6) is 5.75 Å². The Bertz CT molecular complexity index is 868. The maximum absolute atomic E-state index is 12.1. The Morgan fingerprint density at radius 2 is 2.13 bits per heavy atom. The zero-order valence-corrected chi connectivity index (χ0v) is 17.8. The maximum atomic E-state index is 12.1. The molecule has 0 bridgehead atoms. The normalized spacial score (nSPS) is 16.3. The number of benzene rings is 1. The molecule has 1 atom stereocenters. The minimum atomic E-state index is -0.0856. The zero-order chi connectivity index (χ0) is 21.3. The molecule has 1 aromatic heterocycles. The van der Waals surface area contributed by atoms with E-state index in [2.05, 4.69) is 36.9 Å². The van der Waals surface area contributed by atoms with Crippen molar-refractivity contribution in [3.63, 3.8) is 0 Å². The monoisotopic (exact) mass is 410 g/mol. The number of rotatable bonds is 7. The maximum Gasteiger partial charge on any atom is 0.227 e. The summed E-state index contributed by atoms with van der Waals surface area (Å²) < 4.78 is 5.48. The fourth-order valence-corrected chi connectivity index (χ4v) is 3.42. The molecule has 8 heteroatoms. The first-order valence-electron chi connectivity index (χ1n) is 10.2. The number of hydrogen-bond acceptors (Lipinski definition) is 5. The third-order valence-corrected chi connectivity index (χ3v) is 5.00. The van der Waals surface area contributed by atoms with Crippen LogP contribution in [-0.2, 0) is 4.79 Å². The summed E-state index contributed by atoms with van der Waals surface area (Å²) in [5, 5.41) is 9.46. The number of guanidine groups is 1. The Labute approximate surface area is 177 Å². The lowest BCUT2D eigenvalue weighted by Crippen LogP contribution is -2.45. The van der Waals surface area contributed by atoms with Crippen molar-refractivity contribution >= 4 is 23.4 Å². The highest BCUT2D eigenvalue weighted by Crippen LogP contribution is 2.30. The fraction of sp³-hybridized carbons (Fsp3) is 0.409. The van der Waals surface area contributed by atoms with Crippen LogP contribution in [-0.4, -0.2) is 56.7 Å². The number of pyridine rings is 1. The molecule has 1 amide bonds. The molecule has 1 aromatic carbocycles. The number of carbonyl (C=O) groups excluding carboxylic acids is 1. The Hall–Kier alpha value is -3.29. The minimum Gasteiger partial charge on any atom is -0.495 e. The number of nitrogens with one attached hydrogen (secondary N) is 3. The van der Waals surface area contributed by atoms with Crippen molar-refractivity contribution in [2.75, 3.05) is 44.0 Å². The molecular weight excluding hydrogens is 380 g/mol. The second kappa shape index (κ2) is 10.5. The summed E-state index contributed by atoms with van der Waals surface area (Å²) >= 11 is 0. The van der Waals surface area contributed by atoms with Gasteiger partial charge in [-0.1, -0.05) is 18.2 Å². The van der Waals surface area contributed by atoms with Gasteiger partial charge in [-0.25, -0.2) is 4.98 Å². The molecule has 1 aliphatic rings. The van der Waals surface area contributed by atoms with E-state index in [0.717, 1.165) is 36.5 Å². The molecule has 160 valence electrons. The largest absolute Gasteiger partial charge is 0.495 e. The van der Waals surface area contributed by atoms with Gasteiger partial charge in [-0.15, -0.1) is 0 Å². The lowest BCUT2D eigenvalue weighted by molar-refractivity contribution is -0.116. The SMILES string of the molecule is CN=C(NCCC(=O)Nc1ccc(C)cn1)NC1CCN(c2ccccc2OC)C1. The van der Waals surface area contributed by atoms with Crippen LogP contribution in [0.2, 0.25) is 0 Å². The number of aliphatic imine (C=N–C) groups is 1. The van der Waals surface area contributed by atoms with Crippen LogP contribution in [0.25, 0.3) is 0 Å². The number of methoxy groups -OCH3 is 1. The Morgan fingerprint density at radius 3 is 2.87 bits per heavy atom. The number of anilines is 2. The van der Waals surface area contributed by atoms with Crippen LogP contribution >= 0.6 is 0 Å². The molecule has 0 aliphatic carbocycles. The van der Waals surface area contributed by atoms with Gasteiger partial charge < -0.3 is 25.6 Å². The first-order valence-corrected chi connectivity index (χ1v) is 10.2. The fourth-order valence-electron chi connectivity index (χ4n) is 3.42. The van der Waals surface area contributed by atoms with Gasteiger partial charge >= 0.3 is 0 Å². The molecule has 30 heavy (non-hydrogen) atoms. The van der Waals surface area contributed by atoms with E-state index in [0.29, 0.717) is 24.7 Å². The van der Waals surface area contributed by atoms with Gasteiger partial charge in [0.2, 0.25) is 5.91 Å². The van der Waals surface area contributed by atoms with E-state index in [1.807, 2.05) is 31.2 Å². The first kappa shape index (κ1) is 21.4. The summed E-state index contributed by atoms with van der Waals surface area (Å²) in [5.41, 5.74) is 2.16. The smallest absolute Gasteiger partial charge is 0.227 e. The lowest BCUT2D eigenvalue weighted by Gasteiger charge is -2.22. The molecular formula is C22H30N6O2. The molecule has 8 nitrogen and oxygen atoms in total. The van der Waals surface area contributed by atoms with Gasteiger partial charge in [-0.3, -0.25) is 9.79 Å². The summed E-state index contributed by atoms with van der Waals surface area (Å²) in [5.74, 6) is 2.06. The van der Waals surface area contributed by atoms with Gasteiger partial charge in [-0.2, -0.15) is 0 Å². The van der Waals surface area contributed by atoms with E-state index in [1.165, 1.54) is 0 Å². The first-order chi connectivity index (χ1) is 14.6. The molecule has 0 saturated carbocycles. The van der Waals surface area contributed by atoms with E-state index >= 15 is 0 Å². The average Bonchev–Trinajstić information content (AvgIpc) is 3.23. The predicted molar refractivity (Wildman–Crippen MR) is 120 cm³/mol. The summed E-state index contributed by atoms with van der Waals surface area (Å²) in [6.45, 7) is 4.25. The van der Waals surface area contributed by atoms with E-state index in [9.17, 15) is 4.79 Å². The number of amides is 1. The van der Waals surface area contributed by atoms with E-state index in [1.54, 1.807) is 26.4 Å². The third-order valence-electron chi connectivity index (χ3n) is 5.00. The number of nitrogens with zero attached hydrogens (tertiary/aromatic N) is 3. The third kappa shape index (κ3) is 5.85. The Kier molecular flexibility index (Phi) is 7.48. The van der Waals surface area contributed by atoms with E-state index in [-0.39, 0.29) is 11.9 Å². The number of para-hydroxylation sites is 2. The quantitative estimate of drug-likeness (QED) is 0.479. The topological polar surface area (TPSA) is 90.9 Å². The highest BCUT2D eigenvalue weighted by atomic mass is 16.5. The Morgan fingerprint density at radius 1 is 1.30 bits per heavy atom. The highest BCUT2D eigenvalue weighted by molar-refractivity contribution is 5.90. The zero-order valence-electron chi connectivity index (χ0n) is 17.8. The molecule has 0 spiro atoms. The molecule has 1 unspecified atom stereocenters. The number of aryl methyl sites for hydroxylation is 1. The van der Waals surface area contributed by atoms with Gasteiger partial charge in [0.1, 0.15) is 11.6 Å². The molecule has 0 radical (unpaired) electrons. The van der Waals surface area contributed by atoms with Crippen molar-refractivity contribution in [2.45, 2.75) is 25.8 Å². The molecule has 2 aromatic rings. The average molecular weight is 411 g/mol. The highest BCUT2D eigenvalue weighted by Gasteiger charge is 2.25. The van der Waals surface area contributed by atoms with Gasteiger partial charge in [0, 0.05) is 45.3 Å². The van der Waals surface area contributed by atoms with E-state index < -0.39 is 0 Å².